The van der Waals surface area contributed by atoms with Gasteiger partial charge in [-0.15, -0.1) is 0 Å². The molecule has 0 unspecified atom stereocenters. The van der Waals surface area contributed by atoms with Crippen LogP contribution in [0.2, 0.25) is 0 Å². The van der Waals surface area contributed by atoms with Gasteiger partial charge in [-0.3, -0.25) is 9.59 Å². The molecular formula is C22H26N4O3. The van der Waals surface area contributed by atoms with Gasteiger partial charge in [-0.1, -0.05) is 50.2 Å². The highest BCUT2D eigenvalue weighted by molar-refractivity contribution is 6.04. The smallest absolute Gasteiger partial charge is 0.272 e. The summed E-state index contributed by atoms with van der Waals surface area (Å²) in [4.78, 5) is 26.9. The number of nitrogens with one attached hydrogen (secondary N) is 2. The monoisotopic (exact) mass is 394 g/mol. The molecule has 0 saturated carbocycles. The van der Waals surface area contributed by atoms with Crippen molar-refractivity contribution in [3.05, 3.63) is 70.1 Å². The van der Waals surface area contributed by atoms with E-state index in [1.807, 2.05) is 24.3 Å². The van der Waals surface area contributed by atoms with E-state index in [9.17, 15) is 9.59 Å². The molecule has 0 atom stereocenters. The van der Waals surface area contributed by atoms with Gasteiger partial charge in [0.1, 0.15) is 12.4 Å². The summed E-state index contributed by atoms with van der Waals surface area (Å²) in [6, 6.07) is 14.6. The van der Waals surface area contributed by atoms with E-state index in [-0.39, 0.29) is 17.2 Å². The van der Waals surface area contributed by atoms with E-state index in [4.69, 9.17) is 4.74 Å². The third kappa shape index (κ3) is 5.00. The molecule has 0 radical (unpaired) electrons. The summed E-state index contributed by atoms with van der Waals surface area (Å²) in [6.07, 6.45) is 0. The fraction of sp³-hybridized carbons (Fsp3) is 0.318. The Balaban J connectivity index is 1.68. The number of fused-ring (bicyclic) bond motifs is 1. The Bertz CT molecular complexity index is 1030. The van der Waals surface area contributed by atoms with Crippen LogP contribution in [0.25, 0.3) is 10.8 Å². The van der Waals surface area contributed by atoms with Crippen LogP contribution in [-0.2, 0) is 6.54 Å². The van der Waals surface area contributed by atoms with Gasteiger partial charge in [0.15, 0.2) is 5.69 Å². The first-order chi connectivity index (χ1) is 14.1. The van der Waals surface area contributed by atoms with Crippen LogP contribution in [0, 0.1) is 0 Å². The zero-order valence-corrected chi connectivity index (χ0v) is 16.8. The maximum Gasteiger partial charge on any atom is 0.272 e. The Labute approximate surface area is 169 Å². The van der Waals surface area contributed by atoms with Gasteiger partial charge >= 0.3 is 0 Å². The summed E-state index contributed by atoms with van der Waals surface area (Å²) < 4.78 is 5.94. The number of nitrogens with zero attached hydrogens (tertiary/aromatic N) is 2. The van der Waals surface area contributed by atoms with Gasteiger partial charge in [0.05, 0.1) is 5.39 Å². The number of benzene rings is 2. The Morgan fingerprint density at radius 2 is 1.76 bits per heavy atom. The first kappa shape index (κ1) is 20.5. The van der Waals surface area contributed by atoms with Crippen LogP contribution in [0.3, 0.4) is 0 Å². The number of likely N-dealkylation sites (N-methyl/N-ethyl adjacent to an activating group) is 1. The lowest BCUT2D eigenvalue weighted by molar-refractivity contribution is 0.0946. The number of aromatic nitrogens is 2. The van der Waals surface area contributed by atoms with Crippen LogP contribution in [0.4, 0.5) is 0 Å². The predicted octanol–water partition coefficient (Wildman–Crippen LogP) is 2.57. The van der Waals surface area contributed by atoms with E-state index < -0.39 is 0 Å². The number of carbonyl (C=O) groups excluding carboxylic acids is 1. The highest BCUT2D eigenvalue weighted by Crippen LogP contribution is 2.18. The molecule has 0 aliphatic rings. The first-order valence-electron chi connectivity index (χ1n) is 9.82. The minimum atomic E-state index is -0.351. The highest BCUT2D eigenvalue weighted by Gasteiger charge is 2.14. The average molecular weight is 394 g/mol. The standard InChI is InChI=1S/C22H26N4O3/c1-3-26(4-2)13-14-29-19-12-8-5-9-16(19)15-23-22(28)20-17-10-6-7-11-18(17)21(27)25-24-20/h5-12H,3-4,13-15H2,1-2H3,(H,23,28)(H,25,27). The fourth-order valence-corrected chi connectivity index (χ4v) is 3.16. The van der Waals surface area contributed by atoms with Crippen LogP contribution in [0.1, 0.15) is 29.9 Å². The Hall–Kier alpha value is -3.19. The molecule has 0 fully saturated rings. The summed E-state index contributed by atoms with van der Waals surface area (Å²) in [5.41, 5.74) is 0.762. The predicted molar refractivity (Wildman–Crippen MR) is 113 cm³/mol. The normalized spacial score (nSPS) is 11.0. The first-order valence-corrected chi connectivity index (χ1v) is 9.82. The summed E-state index contributed by atoms with van der Waals surface area (Å²) >= 11 is 0. The molecule has 1 aromatic heterocycles. The van der Waals surface area contributed by atoms with Gasteiger partial charge in [-0.2, -0.15) is 5.10 Å². The lowest BCUT2D eigenvalue weighted by Gasteiger charge is -2.19. The zero-order chi connectivity index (χ0) is 20.6. The second kappa shape index (κ2) is 9.84. The molecule has 0 bridgehead atoms. The second-order valence-electron chi connectivity index (χ2n) is 6.61. The average Bonchev–Trinajstić information content (AvgIpc) is 2.76. The van der Waals surface area contributed by atoms with Crippen molar-refractivity contribution >= 4 is 16.7 Å². The number of aromatic amines is 1. The molecule has 0 aliphatic heterocycles. The van der Waals surface area contributed by atoms with Gasteiger partial charge in [-0.05, 0) is 25.2 Å². The summed E-state index contributed by atoms with van der Waals surface area (Å²) in [7, 11) is 0. The lowest BCUT2D eigenvalue weighted by Crippen LogP contribution is -2.28. The minimum Gasteiger partial charge on any atom is -0.492 e. The van der Waals surface area contributed by atoms with E-state index in [0.717, 1.165) is 30.9 Å². The Kier molecular flexibility index (Phi) is 6.97. The van der Waals surface area contributed by atoms with Crippen molar-refractivity contribution < 1.29 is 9.53 Å². The number of ether oxygens (including phenoxy) is 1. The largest absolute Gasteiger partial charge is 0.492 e. The van der Waals surface area contributed by atoms with Gasteiger partial charge in [-0.25, -0.2) is 5.10 Å². The van der Waals surface area contributed by atoms with Crippen molar-refractivity contribution in [1.29, 1.82) is 0 Å². The molecule has 7 nitrogen and oxygen atoms in total. The maximum atomic E-state index is 12.7. The van der Waals surface area contributed by atoms with Gasteiger partial charge in [0, 0.05) is 24.0 Å². The summed E-state index contributed by atoms with van der Waals surface area (Å²) in [5, 5.41) is 10.2. The van der Waals surface area contributed by atoms with Crippen LogP contribution in [0.15, 0.2) is 53.3 Å². The van der Waals surface area contributed by atoms with Crippen LogP contribution < -0.4 is 15.6 Å². The van der Waals surface area contributed by atoms with E-state index >= 15 is 0 Å². The molecular weight excluding hydrogens is 368 g/mol. The quantitative estimate of drug-likeness (QED) is 0.582. The maximum absolute atomic E-state index is 12.7. The second-order valence-corrected chi connectivity index (χ2v) is 6.61. The van der Waals surface area contributed by atoms with Gasteiger partial charge < -0.3 is 15.0 Å². The number of hydrogen-bond acceptors (Lipinski definition) is 5. The van der Waals surface area contributed by atoms with E-state index in [0.29, 0.717) is 23.9 Å². The molecule has 152 valence electrons. The van der Waals surface area contributed by atoms with Crippen molar-refractivity contribution in [3.63, 3.8) is 0 Å². The number of para-hydroxylation sites is 1. The number of rotatable bonds is 9. The zero-order valence-electron chi connectivity index (χ0n) is 16.8. The van der Waals surface area contributed by atoms with Crippen LogP contribution in [0.5, 0.6) is 5.75 Å². The number of hydrogen-bond donors (Lipinski definition) is 2. The minimum absolute atomic E-state index is 0.195. The summed E-state index contributed by atoms with van der Waals surface area (Å²) in [5.74, 6) is 0.398. The van der Waals surface area contributed by atoms with Crippen molar-refractivity contribution in [3.8, 4) is 5.75 Å². The van der Waals surface area contributed by atoms with Crippen molar-refractivity contribution in [2.24, 2.45) is 0 Å². The molecule has 1 heterocycles. The molecule has 0 aliphatic carbocycles. The topological polar surface area (TPSA) is 87.3 Å². The van der Waals surface area contributed by atoms with E-state index in [1.165, 1.54) is 0 Å². The molecule has 3 aromatic rings. The van der Waals surface area contributed by atoms with E-state index in [1.54, 1.807) is 24.3 Å². The molecule has 2 N–H and O–H groups in total. The van der Waals surface area contributed by atoms with Gasteiger partial charge in [0.2, 0.25) is 0 Å². The molecule has 0 spiro atoms. The SMILES string of the molecule is CCN(CC)CCOc1ccccc1CNC(=O)c1n[nH]c(=O)c2ccccc12. The van der Waals surface area contributed by atoms with Crippen LogP contribution in [-0.4, -0.2) is 47.2 Å². The van der Waals surface area contributed by atoms with Crippen LogP contribution >= 0.6 is 0 Å². The number of H-pyrrole nitrogens is 1. The molecule has 7 heteroatoms. The van der Waals surface area contributed by atoms with Crippen molar-refractivity contribution in [2.45, 2.75) is 20.4 Å². The number of amides is 1. The van der Waals surface area contributed by atoms with Crippen molar-refractivity contribution in [1.82, 2.24) is 20.4 Å². The third-order valence-corrected chi connectivity index (χ3v) is 4.88. The third-order valence-electron chi connectivity index (χ3n) is 4.88. The molecule has 0 saturated heterocycles. The molecule has 29 heavy (non-hydrogen) atoms. The lowest BCUT2D eigenvalue weighted by atomic mass is 10.1. The van der Waals surface area contributed by atoms with E-state index in [2.05, 4.69) is 34.3 Å². The highest BCUT2D eigenvalue weighted by atomic mass is 16.5. The van der Waals surface area contributed by atoms with Crippen molar-refractivity contribution in [2.75, 3.05) is 26.2 Å². The Morgan fingerprint density at radius 3 is 2.52 bits per heavy atom. The Morgan fingerprint density at radius 1 is 1.07 bits per heavy atom. The molecule has 2 aromatic carbocycles. The fourth-order valence-electron chi connectivity index (χ4n) is 3.16. The molecule has 3 rings (SSSR count). The number of carbonyl (C=O) groups is 1. The van der Waals surface area contributed by atoms with Gasteiger partial charge in [0.25, 0.3) is 11.5 Å². The molecule has 1 amide bonds. The summed E-state index contributed by atoms with van der Waals surface area (Å²) in [6.45, 7) is 7.95.